The summed E-state index contributed by atoms with van der Waals surface area (Å²) in [7, 11) is -2.73. The average Bonchev–Trinajstić information content (AvgIpc) is 2.97. The van der Waals surface area contributed by atoms with Gasteiger partial charge in [0.05, 0.1) is 27.8 Å². The van der Waals surface area contributed by atoms with Crippen molar-refractivity contribution in [3.63, 3.8) is 0 Å². The molecule has 2 aromatic carbocycles. The third kappa shape index (κ3) is 4.01. The predicted molar refractivity (Wildman–Crippen MR) is 99.5 cm³/mol. The number of ether oxygens (including phenoxy) is 1. The lowest BCUT2D eigenvalue weighted by Gasteiger charge is -2.04. The molecule has 0 fully saturated rings. The van der Waals surface area contributed by atoms with Crippen LogP contribution in [0.4, 0.5) is 4.39 Å². The summed E-state index contributed by atoms with van der Waals surface area (Å²) < 4.78 is 43.5. The van der Waals surface area contributed by atoms with Crippen molar-refractivity contribution < 1.29 is 27.1 Å². The highest BCUT2D eigenvalue weighted by Crippen LogP contribution is 2.21. The molecule has 1 amide bonds. The lowest BCUT2D eigenvalue weighted by molar-refractivity contribution is -0.141. The van der Waals surface area contributed by atoms with Crippen molar-refractivity contribution in [1.82, 2.24) is 4.57 Å². The molecule has 28 heavy (non-hydrogen) atoms. The van der Waals surface area contributed by atoms with Crippen LogP contribution in [0, 0.1) is 5.82 Å². The molecule has 0 aliphatic carbocycles. The van der Waals surface area contributed by atoms with Crippen LogP contribution >= 0.6 is 11.3 Å². The quantitative estimate of drug-likeness (QED) is 0.636. The highest BCUT2D eigenvalue weighted by molar-refractivity contribution is 7.89. The van der Waals surface area contributed by atoms with Crippen molar-refractivity contribution in [1.29, 1.82) is 0 Å². The molecule has 11 heteroatoms. The standard InChI is InChI=1S/C17H14FN3O5S2/c1-26-15(22)9-21-13-7-6-10(28(19,24)25)8-14(13)27-17(21)20-16(23)11-4-2-3-5-12(11)18/h2-8H,9H2,1H3,(H2,19,24,25). The fourth-order valence-corrected chi connectivity index (χ4v) is 4.13. The monoisotopic (exact) mass is 423 g/mol. The van der Waals surface area contributed by atoms with E-state index in [0.717, 1.165) is 17.4 Å². The third-order valence-corrected chi connectivity index (χ3v) is 5.75. The van der Waals surface area contributed by atoms with Gasteiger partial charge in [0.25, 0.3) is 5.91 Å². The number of fused-ring (bicyclic) bond motifs is 1. The molecule has 0 radical (unpaired) electrons. The van der Waals surface area contributed by atoms with Crippen molar-refractivity contribution in [3.05, 3.63) is 58.6 Å². The molecule has 1 aromatic heterocycles. The molecule has 0 bridgehead atoms. The molecule has 2 N–H and O–H groups in total. The van der Waals surface area contributed by atoms with Gasteiger partial charge in [0.15, 0.2) is 4.80 Å². The third-order valence-electron chi connectivity index (χ3n) is 3.80. The number of halogens is 1. The molecular weight excluding hydrogens is 409 g/mol. The summed E-state index contributed by atoms with van der Waals surface area (Å²) >= 11 is 0.961. The number of amides is 1. The first kappa shape index (κ1) is 19.9. The Kier molecular flexibility index (Phi) is 5.40. The number of esters is 1. The number of thiazole rings is 1. The topological polar surface area (TPSA) is 121 Å². The van der Waals surface area contributed by atoms with E-state index in [9.17, 15) is 22.4 Å². The second-order valence-corrected chi connectivity index (χ2v) is 8.19. The van der Waals surface area contributed by atoms with Gasteiger partial charge in [-0.15, -0.1) is 0 Å². The Morgan fingerprint density at radius 2 is 1.96 bits per heavy atom. The van der Waals surface area contributed by atoms with E-state index in [0.29, 0.717) is 10.2 Å². The Morgan fingerprint density at radius 3 is 2.61 bits per heavy atom. The molecule has 8 nitrogen and oxygen atoms in total. The summed E-state index contributed by atoms with van der Waals surface area (Å²) in [5.74, 6) is -2.17. The zero-order chi connectivity index (χ0) is 20.5. The lowest BCUT2D eigenvalue weighted by Crippen LogP contribution is -2.22. The summed E-state index contributed by atoms with van der Waals surface area (Å²) in [5.41, 5.74) is 0.220. The molecule has 3 aromatic rings. The Labute approximate surface area is 162 Å². The molecule has 0 saturated heterocycles. The average molecular weight is 423 g/mol. The molecular formula is C17H14FN3O5S2. The zero-order valence-corrected chi connectivity index (χ0v) is 16.1. The van der Waals surface area contributed by atoms with Gasteiger partial charge in [-0.25, -0.2) is 17.9 Å². The molecule has 0 unspecified atom stereocenters. The van der Waals surface area contributed by atoms with Crippen LogP contribution in [0.5, 0.6) is 0 Å². The largest absolute Gasteiger partial charge is 0.468 e. The van der Waals surface area contributed by atoms with Gasteiger partial charge in [0.2, 0.25) is 10.0 Å². The minimum atomic E-state index is -3.94. The maximum atomic E-state index is 13.9. The minimum absolute atomic E-state index is 0.0835. The number of nitrogens with two attached hydrogens (primary N) is 1. The van der Waals surface area contributed by atoms with Gasteiger partial charge in [-0.2, -0.15) is 4.99 Å². The van der Waals surface area contributed by atoms with E-state index in [1.54, 1.807) is 0 Å². The molecule has 0 aliphatic heterocycles. The number of carbonyl (C=O) groups is 2. The van der Waals surface area contributed by atoms with E-state index in [-0.39, 0.29) is 21.8 Å². The number of carbonyl (C=O) groups excluding carboxylic acids is 2. The number of primary sulfonamides is 1. The number of sulfonamides is 1. The number of hydrogen-bond acceptors (Lipinski definition) is 6. The molecule has 0 saturated carbocycles. The van der Waals surface area contributed by atoms with Crippen molar-refractivity contribution in [2.24, 2.45) is 10.1 Å². The van der Waals surface area contributed by atoms with E-state index in [1.165, 1.54) is 48.1 Å². The van der Waals surface area contributed by atoms with E-state index in [4.69, 9.17) is 5.14 Å². The second kappa shape index (κ2) is 7.62. The maximum Gasteiger partial charge on any atom is 0.325 e. The zero-order valence-electron chi connectivity index (χ0n) is 14.5. The molecule has 0 aliphatic rings. The predicted octanol–water partition coefficient (Wildman–Crippen LogP) is 1.40. The fraction of sp³-hybridized carbons (Fsp3) is 0.118. The van der Waals surface area contributed by atoms with Crippen LogP contribution in [0.3, 0.4) is 0 Å². The normalized spacial score (nSPS) is 12.3. The van der Waals surface area contributed by atoms with Gasteiger partial charge in [-0.3, -0.25) is 9.59 Å². The summed E-state index contributed by atoms with van der Waals surface area (Å²) in [6.45, 7) is -0.269. The van der Waals surface area contributed by atoms with Crippen LogP contribution in [0.25, 0.3) is 10.2 Å². The van der Waals surface area contributed by atoms with Gasteiger partial charge in [-0.1, -0.05) is 23.5 Å². The smallest absolute Gasteiger partial charge is 0.325 e. The first-order valence-corrected chi connectivity index (χ1v) is 10.1. The highest BCUT2D eigenvalue weighted by atomic mass is 32.2. The Balaban J connectivity index is 2.22. The highest BCUT2D eigenvalue weighted by Gasteiger charge is 2.16. The second-order valence-electron chi connectivity index (χ2n) is 5.62. The van der Waals surface area contributed by atoms with Crippen LogP contribution in [0.2, 0.25) is 0 Å². The first-order valence-electron chi connectivity index (χ1n) is 7.77. The molecule has 3 rings (SSSR count). The Morgan fingerprint density at radius 1 is 1.25 bits per heavy atom. The molecule has 0 atom stereocenters. The van der Waals surface area contributed by atoms with E-state index < -0.39 is 27.7 Å². The fourth-order valence-electron chi connectivity index (χ4n) is 2.44. The van der Waals surface area contributed by atoms with E-state index in [1.807, 2.05) is 0 Å². The van der Waals surface area contributed by atoms with E-state index >= 15 is 0 Å². The number of benzene rings is 2. The van der Waals surface area contributed by atoms with Crippen molar-refractivity contribution in [2.75, 3.05) is 7.11 Å². The summed E-state index contributed by atoms with van der Waals surface area (Å²) in [6, 6.07) is 9.40. The number of methoxy groups -OCH3 is 1. The molecule has 146 valence electrons. The van der Waals surface area contributed by atoms with Crippen LogP contribution in [0.15, 0.2) is 52.4 Å². The number of aromatic nitrogens is 1. The number of rotatable bonds is 4. The Bertz CT molecular complexity index is 1260. The molecule has 1 heterocycles. The van der Waals surface area contributed by atoms with Gasteiger partial charge in [0, 0.05) is 0 Å². The van der Waals surface area contributed by atoms with Crippen LogP contribution < -0.4 is 9.94 Å². The van der Waals surface area contributed by atoms with Crippen molar-refractivity contribution in [2.45, 2.75) is 11.4 Å². The SMILES string of the molecule is COC(=O)Cn1c(=NC(=O)c2ccccc2F)sc2cc(S(N)(=O)=O)ccc21. The number of nitrogens with zero attached hydrogens (tertiary/aromatic N) is 2. The van der Waals surface area contributed by atoms with Gasteiger partial charge in [0.1, 0.15) is 12.4 Å². The number of hydrogen-bond donors (Lipinski definition) is 1. The summed E-state index contributed by atoms with van der Waals surface area (Å²) in [6.07, 6.45) is 0. The van der Waals surface area contributed by atoms with Crippen LogP contribution in [-0.2, 0) is 26.1 Å². The summed E-state index contributed by atoms with van der Waals surface area (Å²) in [4.78, 5) is 28.0. The first-order chi connectivity index (χ1) is 13.2. The maximum absolute atomic E-state index is 13.9. The van der Waals surface area contributed by atoms with Crippen molar-refractivity contribution >= 4 is 43.5 Å². The van der Waals surface area contributed by atoms with Gasteiger partial charge in [-0.05, 0) is 30.3 Å². The van der Waals surface area contributed by atoms with Crippen LogP contribution in [-0.4, -0.2) is 32.0 Å². The van der Waals surface area contributed by atoms with Gasteiger partial charge < -0.3 is 9.30 Å². The van der Waals surface area contributed by atoms with Crippen molar-refractivity contribution in [3.8, 4) is 0 Å². The summed E-state index contributed by atoms with van der Waals surface area (Å²) in [5, 5.41) is 5.15. The van der Waals surface area contributed by atoms with E-state index in [2.05, 4.69) is 9.73 Å². The van der Waals surface area contributed by atoms with Crippen LogP contribution in [0.1, 0.15) is 10.4 Å². The van der Waals surface area contributed by atoms with Gasteiger partial charge >= 0.3 is 5.97 Å². The molecule has 0 spiro atoms. The Hall–Kier alpha value is -2.89. The minimum Gasteiger partial charge on any atom is -0.468 e. The lowest BCUT2D eigenvalue weighted by atomic mass is 10.2.